The van der Waals surface area contributed by atoms with Gasteiger partial charge >= 0.3 is 0 Å². The van der Waals surface area contributed by atoms with Gasteiger partial charge in [-0.3, -0.25) is 4.79 Å². The summed E-state index contributed by atoms with van der Waals surface area (Å²) in [5.74, 6) is 0.974. The van der Waals surface area contributed by atoms with Crippen LogP contribution >= 0.6 is 0 Å². The van der Waals surface area contributed by atoms with Crippen LogP contribution in [-0.4, -0.2) is 48.2 Å². The van der Waals surface area contributed by atoms with Gasteiger partial charge in [-0.15, -0.1) is 0 Å². The van der Waals surface area contributed by atoms with E-state index in [1.807, 2.05) is 4.90 Å². The summed E-state index contributed by atoms with van der Waals surface area (Å²) in [5.41, 5.74) is 0.527. The molecule has 108 valence electrons. The first kappa shape index (κ1) is 13.4. The van der Waals surface area contributed by atoms with Crippen molar-refractivity contribution in [1.29, 1.82) is 0 Å². The average molecular weight is 276 g/mol. The second-order valence-electron chi connectivity index (χ2n) is 5.58. The van der Waals surface area contributed by atoms with Gasteiger partial charge < -0.3 is 14.4 Å². The maximum Gasteiger partial charge on any atom is 0.259 e. The monoisotopic (exact) mass is 276 g/mol. The number of methoxy groups -OCH3 is 1. The van der Waals surface area contributed by atoms with Crippen molar-refractivity contribution in [1.82, 2.24) is 9.88 Å². The minimum atomic E-state index is -0.0171. The van der Waals surface area contributed by atoms with Crippen LogP contribution < -0.4 is 4.74 Å². The van der Waals surface area contributed by atoms with Gasteiger partial charge in [-0.2, -0.15) is 0 Å². The van der Waals surface area contributed by atoms with E-state index in [9.17, 15) is 4.79 Å². The maximum atomic E-state index is 12.6. The van der Waals surface area contributed by atoms with Crippen LogP contribution in [0.15, 0.2) is 18.3 Å². The van der Waals surface area contributed by atoms with Gasteiger partial charge in [0.2, 0.25) is 5.88 Å². The van der Waals surface area contributed by atoms with Crippen molar-refractivity contribution in [3.63, 3.8) is 0 Å². The van der Waals surface area contributed by atoms with E-state index in [2.05, 4.69) is 11.9 Å². The summed E-state index contributed by atoms with van der Waals surface area (Å²) in [5, 5.41) is 0. The van der Waals surface area contributed by atoms with E-state index in [4.69, 9.17) is 9.47 Å². The highest BCUT2D eigenvalue weighted by Gasteiger charge is 2.39. The van der Waals surface area contributed by atoms with E-state index in [0.29, 0.717) is 30.0 Å². The summed E-state index contributed by atoms with van der Waals surface area (Å²) in [6, 6.07) is 3.52. The third kappa shape index (κ3) is 2.38. The minimum absolute atomic E-state index is 0.0171. The molecule has 5 nitrogen and oxygen atoms in total. The molecule has 2 aliphatic rings. The minimum Gasteiger partial charge on any atom is -0.480 e. The second-order valence-corrected chi connectivity index (χ2v) is 5.58. The molecule has 2 fully saturated rings. The molecule has 3 heterocycles. The molecule has 3 atom stereocenters. The molecule has 0 aromatic carbocycles. The van der Waals surface area contributed by atoms with Crippen LogP contribution in [-0.2, 0) is 4.74 Å². The van der Waals surface area contributed by atoms with E-state index >= 15 is 0 Å². The molecule has 0 bridgehead atoms. The number of aromatic nitrogens is 1. The van der Waals surface area contributed by atoms with Crippen LogP contribution in [0.5, 0.6) is 5.88 Å². The van der Waals surface area contributed by atoms with Crippen molar-refractivity contribution in [2.24, 2.45) is 5.92 Å². The van der Waals surface area contributed by atoms with Gasteiger partial charge in [0.25, 0.3) is 5.91 Å². The van der Waals surface area contributed by atoms with Gasteiger partial charge in [-0.1, -0.05) is 0 Å². The maximum absolute atomic E-state index is 12.6. The molecule has 3 rings (SSSR count). The fourth-order valence-electron chi connectivity index (χ4n) is 3.24. The number of carbonyl (C=O) groups is 1. The summed E-state index contributed by atoms with van der Waals surface area (Å²) in [7, 11) is 1.53. The zero-order chi connectivity index (χ0) is 14.1. The van der Waals surface area contributed by atoms with Gasteiger partial charge in [0.05, 0.1) is 19.3 Å². The Morgan fingerprint density at radius 3 is 3.20 bits per heavy atom. The van der Waals surface area contributed by atoms with Gasteiger partial charge in [0, 0.05) is 19.3 Å². The Bertz CT molecular complexity index is 506. The molecule has 1 aromatic heterocycles. The number of fused-ring (bicyclic) bond motifs is 1. The summed E-state index contributed by atoms with van der Waals surface area (Å²) in [6.45, 7) is 3.56. The number of hydrogen-bond acceptors (Lipinski definition) is 4. The van der Waals surface area contributed by atoms with Crippen LogP contribution in [0.2, 0.25) is 0 Å². The third-order valence-corrected chi connectivity index (χ3v) is 4.22. The Hall–Kier alpha value is -1.62. The van der Waals surface area contributed by atoms with Crippen molar-refractivity contribution in [2.75, 3.05) is 20.2 Å². The van der Waals surface area contributed by atoms with E-state index < -0.39 is 0 Å². The quantitative estimate of drug-likeness (QED) is 0.825. The molecule has 2 aliphatic heterocycles. The molecule has 20 heavy (non-hydrogen) atoms. The Morgan fingerprint density at radius 1 is 1.55 bits per heavy atom. The van der Waals surface area contributed by atoms with Crippen LogP contribution in [0.4, 0.5) is 0 Å². The summed E-state index contributed by atoms with van der Waals surface area (Å²) >= 11 is 0. The lowest BCUT2D eigenvalue weighted by Gasteiger charge is -2.34. The molecule has 0 radical (unpaired) electrons. The van der Waals surface area contributed by atoms with Crippen molar-refractivity contribution >= 4 is 5.91 Å². The normalized spacial score (nSPS) is 29.1. The Kier molecular flexibility index (Phi) is 3.61. The smallest absolute Gasteiger partial charge is 0.259 e. The number of likely N-dealkylation sites (tertiary alicyclic amines) is 1. The van der Waals surface area contributed by atoms with E-state index in [1.165, 1.54) is 7.11 Å². The Labute approximate surface area is 118 Å². The van der Waals surface area contributed by atoms with Crippen LogP contribution in [0, 0.1) is 5.92 Å². The summed E-state index contributed by atoms with van der Waals surface area (Å²) < 4.78 is 11.1. The largest absolute Gasteiger partial charge is 0.480 e. The van der Waals surface area contributed by atoms with Crippen molar-refractivity contribution in [3.05, 3.63) is 23.9 Å². The highest BCUT2D eigenvalue weighted by Crippen LogP contribution is 2.33. The first-order chi connectivity index (χ1) is 9.69. The fraction of sp³-hybridized carbons (Fsp3) is 0.600. The van der Waals surface area contributed by atoms with Gasteiger partial charge in [0.1, 0.15) is 5.56 Å². The number of nitrogens with zero attached hydrogens (tertiary/aromatic N) is 2. The zero-order valence-electron chi connectivity index (χ0n) is 11.9. The highest BCUT2D eigenvalue weighted by atomic mass is 16.5. The van der Waals surface area contributed by atoms with Crippen molar-refractivity contribution in [2.45, 2.75) is 32.0 Å². The number of amides is 1. The number of carbonyl (C=O) groups excluding carboxylic acids is 1. The average Bonchev–Trinajstić information content (AvgIpc) is 2.85. The highest BCUT2D eigenvalue weighted by molar-refractivity contribution is 5.96. The predicted molar refractivity (Wildman–Crippen MR) is 73.8 cm³/mol. The first-order valence-electron chi connectivity index (χ1n) is 7.12. The van der Waals surface area contributed by atoms with Gasteiger partial charge in [-0.25, -0.2) is 4.98 Å². The zero-order valence-corrected chi connectivity index (χ0v) is 11.9. The van der Waals surface area contributed by atoms with Crippen LogP contribution in [0.25, 0.3) is 0 Å². The molecule has 1 amide bonds. The van der Waals surface area contributed by atoms with E-state index in [0.717, 1.165) is 19.4 Å². The standard InChI is InChI=1S/C15H20N2O3/c1-10-8-11-5-7-17(9-13(11)20-10)15(18)12-4-3-6-16-14(12)19-2/h3-4,6,10-11,13H,5,7-9H2,1-2H3/t10-,11-,13+/m0/s1. The molecule has 0 spiro atoms. The molecule has 1 aromatic rings. The van der Waals surface area contributed by atoms with Crippen LogP contribution in [0.3, 0.4) is 0 Å². The number of piperidine rings is 1. The number of pyridine rings is 1. The van der Waals surface area contributed by atoms with Crippen molar-refractivity contribution < 1.29 is 14.3 Å². The first-order valence-corrected chi connectivity index (χ1v) is 7.12. The number of rotatable bonds is 2. The van der Waals surface area contributed by atoms with Gasteiger partial charge in [-0.05, 0) is 37.8 Å². The Balaban J connectivity index is 1.75. The molecular formula is C15H20N2O3. The molecular weight excluding hydrogens is 256 g/mol. The second kappa shape index (κ2) is 5.40. The molecule has 2 saturated heterocycles. The SMILES string of the molecule is COc1ncccc1C(=O)N1CC[C@H]2C[C@H](C)O[C@@H]2C1. The lowest BCUT2D eigenvalue weighted by molar-refractivity contribution is 0.00145. The van der Waals surface area contributed by atoms with E-state index in [1.54, 1.807) is 18.3 Å². The predicted octanol–water partition coefficient (Wildman–Crippen LogP) is 1.73. The lowest BCUT2D eigenvalue weighted by atomic mass is 9.92. The van der Waals surface area contributed by atoms with Crippen LogP contribution in [0.1, 0.15) is 30.1 Å². The molecule has 5 heteroatoms. The molecule has 0 N–H and O–H groups in total. The fourth-order valence-corrected chi connectivity index (χ4v) is 3.24. The number of hydrogen-bond donors (Lipinski definition) is 0. The van der Waals surface area contributed by atoms with Gasteiger partial charge in [0.15, 0.2) is 0 Å². The third-order valence-electron chi connectivity index (χ3n) is 4.22. The molecule has 0 saturated carbocycles. The molecule has 0 unspecified atom stereocenters. The summed E-state index contributed by atoms with van der Waals surface area (Å²) in [4.78, 5) is 18.6. The summed E-state index contributed by atoms with van der Waals surface area (Å²) in [6.07, 6.45) is 4.26. The topological polar surface area (TPSA) is 51.7 Å². The lowest BCUT2D eigenvalue weighted by Crippen LogP contribution is -2.45. The molecule has 0 aliphatic carbocycles. The van der Waals surface area contributed by atoms with E-state index in [-0.39, 0.29) is 12.0 Å². The number of ether oxygens (including phenoxy) is 2. The van der Waals surface area contributed by atoms with Crippen molar-refractivity contribution in [3.8, 4) is 5.88 Å². The Morgan fingerprint density at radius 2 is 2.40 bits per heavy atom.